The Morgan fingerprint density at radius 2 is 0.736 bits per heavy atom. The number of amides is 4. The number of methoxy groups -OCH3 is 3. The van der Waals surface area contributed by atoms with Crippen molar-refractivity contribution >= 4 is 59.4 Å². The molecule has 18 nitrogen and oxygen atoms in total. The van der Waals surface area contributed by atoms with Crippen LogP contribution in [0.4, 0.5) is 11.4 Å². The van der Waals surface area contributed by atoms with Crippen molar-refractivity contribution in [2.24, 2.45) is 10.2 Å². The SMILES string of the molecule is C.CCCCCCCCCCCCCCCCCC(=O)Nc1ccc(C(=O)N/N=C/c2ccc(OCC(=O)O)cc2)c(OC)c1.CCCCCCCCCCCCCCCCCC(=O)Nc1ccc(C(=O)N/N=C/c2ccc(OCC(=O)OC)cc2)c(OC)c1.[Na+]. The first-order valence-corrected chi connectivity index (χ1v) is 32.8. The molecular weight excluding hydrogens is 1160 g/mol. The van der Waals surface area contributed by atoms with Crippen LogP contribution in [-0.2, 0) is 23.9 Å². The monoisotopic (exact) mass is 1270 g/mol. The molecule has 0 aromatic heterocycles. The van der Waals surface area contributed by atoms with E-state index in [0.717, 1.165) is 37.7 Å². The third-order valence-electron chi connectivity index (χ3n) is 14.9. The molecule has 0 unspecified atom stereocenters. The Kier molecular flexibility index (Phi) is 48.7. The molecule has 0 atom stereocenters. The van der Waals surface area contributed by atoms with Gasteiger partial charge in [0.05, 0.1) is 44.9 Å². The van der Waals surface area contributed by atoms with Gasteiger partial charge in [0.25, 0.3) is 11.8 Å². The first-order chi connectivity index (χ1) is 43.4. The largest absolute Gasteiger partial charge is 1.00 e. The Morgan fingerprint density at radius 3 is 1.03 bits per heavy atom. The number of anilines is 2. The molecule has 0 aliphatic heterocycles. The molecule has 19 heteroatoms. The summed E-state index contributed by atoms with van der Waals surface area (Å²) in [7, 11) is 4.23. The molecule has 0 bridgehead atoms. The molecule has 0 fully saturated rings. The van der Waals surface area contributed by atoms with Crippen LogP contribution in [0.5, 0.6) is 23.0 Å². The average molecular weight is 1270 g/mol. The van der Waals surface area contributed by atoms with Gasteiger partial charge in [-0.3, -0.25) is 19.2 Å². The maximum atomic E-state index is 12.7. The minimum Gasteiger partial charge on any atom is -0.496 e. The van der Waals surface area contributed by atoms with Gasteiger partial charge in [-0.25, -0.2) is 20.4 Å². The van der Waals surface area contributed by atoms with Gasteiger partial charge in [0, 0.05) is 36.3 Å². The fourth-order valence-corrected chi connectivity index (χ4v) is 9.77. The second kappa shape index (κ2) is 53.9. The minimum absolute atomic E-state index is 0. The van der Waals surface area contributed by atoms with Gasteiger partial charge in [-0.1, -0.05) is 201 Å². The van der Waals surface area contributed by atoms with E-state index in [0.29, 0.717) is 58.3 Å². The summed E-state index contributed by atoms with van der Waals surface area (Å²) in [6.45, 7) is 3.93. The normalized spacial score (nSPS) is 10.7. The van der Waals surface area contributed by atoms with Gasteiger partial charge in [-0.15, -0.1) is 0 Å². The Morgan fingerprint density at radius 1 is 0.429 bits per heavy atom. The van der Waals surface area contributed by atoms with E-state index in [-0.39, 0.29) is 61.0 Å². The summed E-state index contributed by atoms with van der Waals surface area (Å²) in [5, 5.41) is 22.5. The number of ether oxygens (including phenoxy) is 5. The Labute approximate surface area is 566 Å². The van der Waals surface area contributed by atoms with E-state index in [1.807, 2.05) is 0 Å². The third-order valence-corrected chi connectivity index (χ3v) is 14.9. The average Bonchev–Trinajstić information content (AvgIpc) is 2.80. The molecule has 4 amide bonds. The molecule has 0 saturated carbocycles. The first-order valence-electron chi connectivity index (χ1n) is 32.8. The van der Waals surface area contributed by atoms with Crippen LogP contribution in [0.25, 0.3) is 0 Å². The number of esters is 1. The number of hydrazone groups is 2. The second-order valence-electron chi connectivity index (χ2n) is 22.4. The number of benzene rings is 4. The molecule has 0 aliphatic rings. The van der Waals surface area contributed by atoms with Crippen molar-refractivity contribution < 1.29 is 87.1 Å². The van der Waals surface area contributed by atoms with Crippen molar-refractivity contribution in [3.63, 3.8) is 0 Å². The summed E-state index contributed by atoms with van der Waals surface area (Å²) in [6, 6.07) is 23.2. The molecule has 0 saturated heterocycles. The van der Waals surface area contributed by atoms with E-state index < -0.39 is 30.4 Å². The number of nitrogens with one attached hydrogen (secondary N) is 4. The molecule has 4 aromatic rings. The van der Waals surface area contributed by atoms with Crippen molar-refractivity contribution in [3.8, 4) is 23.0 Å². The summed E-state index contributed by atoms with van der Waals surface area (Å²) >= 11 is 0. The van der Waals surface area contributed by atoms with Crippen LogP contribution in [0.15, 0.2) is 95.1 Å². The summed E-state index contributed by atoms with van der Waals surface area (Å²) in [4.78, 5) is 72.0. The van der Waals surface area contributed by atoms with Crippen LogP contribution < -0.4 is 70.0 Å². The number of nitrogens with zero attached hydrogens (tertiary/aromatic N) is 2. The molecule has 498 valence electrons. The van der Waals surface area contributed by atoms with Gasteiger partial charge in [-0.05, 0) is 96.8 Å². The number of unbranched alkanes of at least 4 members (excludes halogenated alkanes) is 28. The van der Waals surface area contributed by atoms with Gasteiger partial charge in [0.15, 0.2) is 13.2 Å². The smallest absolute Gasteiger partial charge is 0.496 e. The quantitative estimate of drug-likeness (QED) is 0.00912. The van der Waals surface area contributed by atoms with E-state index in [1.54, 1.807) is 84.9 Å². The molecule has 4 rings (SSSR count). The maximum Gasteiger partial charge on any atom is 1.00 e. The van der Waals surface area contributed by atoms with Crippen molar-refractivity contribution in [1.82, 2.24) is 10.9 Å². The predicted molar refractivity (Wildman–Crippen MR) is 363 cm³/mol. The van der Waals surface area contributed by atoms with Crippen LogP contribution in [0.3, 0.4) is 0 Å². The van der Waals surface area contributed by atoms with E-state index in [2.05, 4.69) is 50.3 Å². The fraction of sp³-hybridized carbons (Fsp3) is 0.556. The standard InChI is InChI=1S/C36H53N3O6.C35H51N3O6.CH4.Na/c1-4-5-6-7-8-9-10-11-12-13-14-15-16-17-18-19-34(40)38-30-22-25-32(33(26-30)43-2)36(42)39-37-27-29-20-23-31(24-21-29)45-28-35(41)44-3;1-3-4-5-6-7-8-9-10-11-12-13-14-15-16-17-18-33(39)37-29-21-24-31(32(25-29)43-2)35(42)38-36-26-28-19-22-30(23-20-28)44-27-34(40)41;;/h20-27H,4-19,28H2,1-3H3,(H,38,40)(H,39,42);19-26H,3-18,27H2,1-2H3,(H,37,39)(H,38,42)(H,40,41);1H4;/q;;;+1/b37-27+;36-26+;;. The summed E-state index contributed by atoms with van der Waals surface area (Å²) < 4.78 is 25.7. The summed E-state index contributed by atoms with van der Waals surface area (Å²) in [5.41, 5.74) is 8.08. The Bertz CT molecular complexity index is 2690. The number of aliphatic carboxylic acids is 1. The predicted octanol–water partition coefficient (Wildman–Crippen LogP) is 14.0. The zero-order chi connectivity index (χ0) is 64.4. The molecular formula is C72H108N6NaO12+. The Hall–Kier alpha value is -6.76. The van der Waals surface area contributed by atoms with Crippen molar-refractivity contribution in [1.29, 1.82) is 0 Å². The van der Waals surface area contributed by atoms with Gasteiger partial charge >= 0.3 is 41.5 Å². The zero-order valence-electron chi connectivity index (χ0n) is 55.1. The number of carboxylic acids is 1. The molecule has 0 spiro atoms. The molecule has 91 heavy (non-hydrogen) atoms. The van der Waals surface area contributed by atoms with Crippen LogP contribution in [0.2, 0.25) is 0 Å². The summed E-state index contributed by atoms with van der Waals surface area (Å²) in [5.74, 6) is -0.954. The number of carbonyl (C=O) groups is 6. The Balaban J connectivity index is 0.000000891. The first kappa shape index (κ1) is 82.3. The minimum atomic E-state index is -1.06. The number of carbonyl (C=O) groups excluding carboxylic acids is 5. The van der Waals surface area contributed by atoms with Crippen molar-refractivity contribution in [2.75, 3.05) is 45.2 Å². The second-order valence-corrected chi connectivity index (χ2v) is 22.4. The third kappa shape index (κ3) is 40.0. The number of rotatable bonds is 48. The number of hydrogen-bond acceptors (Lipinski definition) is 13. The maximum absolute atomic E-state index is 12.7. The van der Waals surface area contributed by atoms with E-state index >= 15 is 0 Å². The summed E-state index contributed by atoms with van der Waals surface area (Å²) in [6.07, 6.45) is 42.5. The van der Waals surface area contributed by atoms with Gasteiger partial charge in [0.2, 0.25) is 11.8 Å². The van der Waals surface area contributed by atoms with Crippen molar-refractivity contribution in [2.45, 2.75) is 227 Å². The zero-order valence-corrected chi connectivity index (χ0v) is 57.1. The number of carboxylic acid groups (broad SMARTS) is 1. The van der Waals surface area contributed by atoms with E-state index in [1.165, 1.54) is 194 Å². The van der Waals surface area contributed by atoms with Crippen molar-refractivity contribution in [3.05, 3.63) is 107 Å². The molecule has 0 aliphatic carbocycles. The van der Waals surface area contributed by atoms with Gasteiger partial charge in [0.1, 0.15) is 23.0 Å². The van der Waals surface area contributed by atoms with Crippen LogP contribution in [0, 0.1) is 0 Å². The topological polar surface area (TPSA) is 242 Å². The van der Waals surface area contributed by atoms with Gasteiger partial charge in [-0.2, -0.15) is 10.2 Å². The van der Waals surface area contributed by atoms with E-state index in [9.17, 15) is 28.8 Å². The number of hydrogen-bond donors (Lipinski definition) is 5. The van der Waals surface area contributed by atoms with Crippen LogP contribution in [-0.4, -0.2) is 87.6 Å². The van der Waals surface area contributed by atoms with Crippen LogP contribution >= 0.6 is 0 Å². The fourth-order valence-electron chi connectivity index (χ4n) is 9.77. The van der Waals surface area contributed by atoms with Crippen LogP contribution in [0.1, 0.15) is 259 Å². The molecule has 0 radical (unpaired) electrons. The molecule has 5 N–H and O–H groups in total. The van der Waals surface area contributed by atoms with Gasteiger partial charge < -0.3 is 39.4 Å². The molecule has 0 heterocycles. The van der Waals surface area contributed by atoms with E-state index in [4.69, 9.17) is 24.1 Å². The molecule has 4 aromatic carbocycles.